The molecule has 2 rings (SSSR count). The number of hydrogen-bond donors (Lipinski definition) is 2. The highest BCUT2D eigenvalue weighted by atomic mass is 35.5. The summed E-state index contributed by atoms with van der Waals surface area (Å²) in [6, 6.07) is 4.28. The predicted molar refractivity (Wildman–Crippen MR) is 101 cm³/mol. The zero-order valence-electron chi connectivity index (χ0n) is 15.2. The lowest BCUT2D eigenvalue weighted by Gasteiger charge is -2.34. The van der Waals surface area contributed by atoms with Gasteiger partial charge in [-0.25, -0.2) is 4.39 Å². The maximum absolute atomic E-state index is 13.1. The van der Waals surface area contributed by atoms with Gasteiger partial charge in [0.1, 0.15) is 5.82 Å². The molecule has 1 aromatic rings. The summed E-state index contributed by atoms with van der Waals surface area (Å²) in [4.78, 5) is 28.2. The summed E-state index contributed by atoms with van der Waals surface area (Å²) >= 11 is 5.71. The Morgan fingerprint density at radius 2 is 1.73 bits per heavy atom. The Kier molecular flexibility index (Phi) is 7.81. The lowest BCUT2D eigenvalue weighted by molar-refractivity contribution is -0.124. The average molecular weight is 385 g/mol. The van der Waals surface area contributed by atoms with Crippen molar-refractivity contribution in [3.63, 3.8) is 0 Å². The van der Waals surface area contributed by atoms with Crippen LogP contribution in [0.25, 0.3) is 0 Å². The average Bonchev–Trinajstić information content (AvgIpc) is 2.59. The molecule has 26 heavy (non-hydrogen) atoms. The quantitative estimate of drug-likeness (QED) is 0.754. The lowest BCUT2D eigenvalue weighted by Crippen LogP contribution is -2.51. The molecule has 0 aliphatic carbocycles. The van der Waals surface area contributed by atoms with Crippen molar-refractivity contribution in [1.82, 2.24) is 15.1 Å². The Labute approximate surface area is 158 Å². The first-order valence-corrected chi connectivity index (χ1v) is 9.24. The number of benzene rings is 1. The van der Waals surface area contributed by atoms with E-state index < -0.39 is 5.82 Å². The number of piperazine rings is 1. The van der Waals surface area contributed by atoms with Gasteiger partial charge in [-0.1, -0.05) is 18.5 Å². The van der Waals surface area contributed by atoms with Gasteiger partial charge in [0.05, 0.1) is 18.1 Å². The first-order valence-electron chi connectivity index (χ1n) is 8.86. The third-order valence-corrected chi connectivity index (χ3v) is 4.71. The van der Waals surface area contributed by atoms with Gasteiger partial charge in [0.2, 0.25) is 11.8 Å². The number of carbonyl (C=O) groups is 2. The minimum Gasteiger partial charge on any atom is -0.353 e. The Morgan fingerprint density at radius 3 is 2.27 bits per heavy atom. The summed E-state index contributed by atoms with van der Waals surface area (Å²) in [5.41, 5.74) is 0.474. The molecule has 0 saturated carbocycles. The summed E-state index contributed by atoms with van der Waals surface area (Å²) in [5, 5.41) is 5.66. The van der Waals surface area contributed by atoms with E-state index in [1.165, 1.54) is 18.2 Å². The molecular formula is C18H26ClFN4O2. The summed E-state index contributed by atoms with van der Waals surface area (Å²) in [6.45, 7) is 7.58. The molecule has 1 atom stereocenters. The maximum atomic E-state index is 13.1. The Morgan fingerprint density at radius 1 is 1.15 bits per heavy atom. The molecule has 2 amide bonds. The van der Waals surface area contributed by atoms with E-state index >= 15 is 0 Å². The van der Waals surface area contributed by atoms with E-state index in [9.17, 15) is 14.0 Å². The molecule has 1 aromatic carbocycles. The Hall–Kier alpha value is -1.70. The molecule has 1 heterocycles. The number of nitrogens with one attached hydrogen (secondary N) is 2. The van der Waals surface area contributed by atoms with E-state index in [1.54, 1.807) is 0 Å². The van der Waals surface area contributed by atoms with Crippen molar-refractivity contribution in [2.45, 2.75) is 26.3 Å². The van der Waals surface area contributed by atoms with Crippen LogP contribution in [0.15, 0.2) is 18.2 Å². The van der Waals surface area contributed by atoms with E-state index in [1.807, 2.05) is 18.7 Å². The number of hydrogen-bond acceptors (Lipinski definition) is 4. The summed E-state index contributed by atoms with van der Waals surface area (Å²) < 4.78 is 13.1. The van der Waals surface area contributed by atoms with Crippen molar-refractivity contribution in [3.05, 3.63) is 29.0 Å². The highest BCUT2D eigenvalue weighted by Crippen LogP contribution is 2.19. The molecule has 0 aromatic heterocycles. The van der Waals surface area contributed by atoms with Gasteiger partial charge in [0.15, 0.2) is 0 Å². The van der Waals surface area contributed by atoms with Gasteiger partial charge in [-0.2, -0.15) is 0 Å². The number of rotatable bonds is 7. The first kappa shape index (κ1) is 20.6. The van der Waals surface area contributed by atoms with E-state index in [-0.39, 0.29) is 29.4 Å². The SMILES string of the molecule is CCC(C)NC(=O)CN1CCN(CC(=O)Nc2ccc(F)c(Cl)c2)CC1. The zero-order chi connectivity index (χ0) is 19.1. The topological polar surface area (TPSA) is 64.7 Å². The fourth-order valence-corrected chi connectivity index (χ4v) is 2.89. The molecule has 1 aliphatic rings. The van der Waals surface area contributed by atoms with Crippen molar-refractivity contribution in [2.24, 2.45) is 0 Å². The molecule has 1 unspecified atom stereocenters. The van der Waals surface area contributed by atoms with Crippen molar-refractivity contribution in [2.75, 3.05) is 44.6 Å². The molecule has 2 N–H and O–H groups in total. The fraction of sp³-hybridized carbons (Fsp3) is 0.556. The van der Waals surface area contributed by atoms with Crippen LogP contribution in [0.4, 0.5) is 10.1 Å². The summed E-state index contributed by atoms with van der Waals surface area (Å²) in [6.07, 6.45) is 0.911. The molecule has 144 valence electrons. The van der Waals surface area contributed by atoms with E-state index in [4.69, 9.17) is 11.6 Å². The van der Waals surface area contributed by atoms with Crippen molar-refractivity contribution in [1.29, 1.82) is 0 Å². The second-order valence-electron chi connectivity index (χ2n) is 6.61. The van der Waals surface area contributed by atoms with Gasteiger partial charge >= 0.3 is 0 Å². The monoisotopic (exact) mass is 384 g/mol. The van der Waals surface area contributed by atoms with Gasteiger partial charge in [0.25, 0.3) is 0 Å². The van der Waals surface area contributed by atoms with Gasteiger partial charge in [-0.15, -0.1) is 0 Å². The van der Waals surface area contributed by atoms with Gasteiger partial charge in [-0.3, -0.25) is 19.4 Å². The minimum absolute atomic E-state index is 0.0212. The molecule has 1 aliphatic heterocycles. The number of amides is 2. The third kappa shape index (κ3) is 6.55. The van der Waals surface area contributed by atoms with Gasteiger partial charge in [0, 0.05) is 37.9 Å². The predicted octanol–water partition coefficient (Wildman–Crippen LogP) is 1.95. The van der Waals surface area contributed by atoms with Crippen LogP contribution in [0.5, 0.6) is 0 Å². The number of carbonyl (C=O) groups excluding carboxylic acids is 2. The molecular weight excluding hydrogens is 359 g/mol. The van der Waals surface area contributed by atoms with Crippen molar-refractivity contribution in [3.8, 4) is 0 Å². The standard InChI is InChI=1S/C18H26ClFN4O2/c1-3-13(2)21-17(25)11-23-6-8-24(9-7-23)12-18(26)22-14-4-5-16(20)15(19)10-14/h4-5,10,13H,3,6-9,11-12H2,1-2H3,(H,21,25)(H,22,26). The third-order valence-electron chi connectivity index (χ3n) is 4.42. The van der Waals surface area contributed by atoms with Crippen molar-refractivity contribution >= 4 is 29.1 Å². The highest BCUT2D eigenvalue weighted by Gasteiger charge is 2.21. The second kappa shape index (κ2) is 9.85. The van der Waals surface area contributed by atoms with Crippen LogP contribution in [0.3, 0.4) is 0 Å². The number of anilines is 1. The maximum Gasteiger partial charge on any atom is 0.238 e. The molecule has 1 saturated heterocycles. The van der Waals surface area contributed by atoms with E-state index in [2.05, 4.69) is 15.5 Å². The molecule has 8 heteroatoms. The van der Waals surface area contributed by atoms with Crippen LogP contribution in [0.2, 0.25) is 5.02 Å². The van der Waals surface area contributed by atoms with Gasteiger partial charge in [-0.05, 0) is 31.5 Å². The summed E-state index contributed by atoms with van der Waals surface area (Å²) in [5.74, 6) is -0.646. The largest absolute Gasteiger partial charge is 0.353 e. The van der Waals surface area contributed by atoms with Crippen LogP contribution in [0, 0.1) is 5.82 Å². The molecule has 0 bridgehead atoms. The van der Waals surface area contributed by atoms with Crippen LogP contribution in [0.1, 0.15) is 20.3 Å². The number of halogens is 2. The van der Waals surface area contributed by atoms with Crippen LogP contribution in [-0.4, -0.2) is 66.9 Å². The molecule has 0 spiro atoms. The van der Waals surface area contributed by atoms with Crippen LogP contribution >= 0.6 is 11.6 Å². The number of nitrogens with zero attached hydrogens (tertiary/aromatic N) is 2. The fourth-order valence-electron chi connectivity index (χ4n) is 2.71. The lowest BCUT2D eigenvalue weighted by atomic mass is 10.2. The molecule has 1 fully saturated rings. The normalized spacial score (nSPS) is 16.9. The van der Waals surface area contributed by atoms with Gasteiger partial charge < -0.3 is 10.6 Å². The summed E-state index contributed by atoms with van der Waals surface area (Å²) in [7, 11) is 0. The highest BCUT2D eigenvalue weighted by molar-refractivity contribution is 6.31. The second-order valence-corrected chi connectivity index (χ2v) is 7.01. The van der Waals surface area contributed by atoms with Crippen molar-refractivity contribution < 1.29 is 14.0 Å². The van der Waals surface area contributed by atoms with Crippen LogP contribution < -0.4 is 10.6 Å². The zero-order valence-corrected chi connectivity index (χ0v) is 16.0. The smallest absolute Gasteiger partial charge is 0.238 e. The Bertz CT molecular complexity index is 636. The van der Waals surface area contributed by atoms with Crippen LogP contribution in [-0.2, 0) is 9.59 Å². The Balaban J connectivity index is 1.71. The van der Waals surface area contributed by atoms with E-state index in [0.717, 1.165) is 19.5 Å². The molecule has 6 nitrogen and oxygen atoms in total. The van der Waals surface area contributed by atoms with E-state index in [0.29, 0.717) is 25.3 Å². The first-order chi connectivity index (χ1) is 12.4. The minimum atomic E-state index is -0.516. The molecule has 0 radical (unpaired) electrons.